The number of amides is 3. The quantitative estimate of drug-likeness (QED) is 0.796. The van der Waals surface area contributed by atoms with E-state index in [4.69, 9.17) is 4.74 Å². The van der Waals surface area contributed by atoms with Gasteiger partial charge in [0, 0.05) is 26.8 Å². The van der Waals surface area contributed by atoms with Crippen LogP contribution in [0.5, 0.6) is 5.75 Å². The Morgan fingerprint density at radius 3 is 2.29 bits per heavy atom. The Morgan fingerprint density at radius 1 is 1.00 bits per heavy atom. The lowest BCUT2D eigenvalue weighted by Gasteiger charge is -2.20. The number of anilines is 1. The van der Waals surface area contributed by atoms with Crippen molar-refractivity contribution in [3.05, 3.63) is 59.2 Å². The fourth-order valence-corrected chi connectivity index (χ4v) is 2.75. The molecule has 0 radical (unpaired) electrons. The summed E-state index contributed by atoms with van der Waals surface area (Å²) in [6.07, 6.45) is 0.239. The van der Waals surface area contributed by atoms with Crippen LogP contribution in [-0.4, -0.2) is 56.0 Å². The highest BCUT2D eigenvalue weighted by molar-refractivity contribution is 5.91. The van der Waals surface area contributed by atoms with Gasteiger partial charge >= 0.3 is 6.03 Å². The molecule has 0 saturated carbocycles. The normalized spacial score (nSPS) is 10.3. The molecule has 0 aliphatic carbocycles. The van der Waals surface area contributed by atoms with E-state index in [9.17, 15) is 9.59 Å². The molecule has 28 heavy (non-hydrogen) atoms. The van der Waals surface area contributed by atoms with Gasteiger partial charge in [-0.1, -0.05) is 24.3 Å². The van der Waals surface area contributed by atoms with E-state index in [1.54, 1.807) is 32.1 Å². The Balaban J connectivity index is 1.91. The van der Waals surface area contributed by atoms with Crippen molar-refractivity contribution in [3.8, 4) is 5.75 Å². The number of nitrogens with zero attached hydrogens (tertiary/aromatic N) is 2. The van der Waals surface area contributed by atoms with Crippen molar-refractivity contribution in [1.82, 2.24) is 9.80 Å². The molecule has 1 N–H and O–H groups in total. The minimum atomic E-state index is -0.242. The van der Waals surface area contributed by atoms with Gasteiger partial charge in [-0.15, -0.1) is 0 Å². The number of urea groups is 1. The summed E-state index contributed by atoms with van der Waals surface area (Å²) in [5.41, 5.74) is 3.72. The van der Waals surface area contributed by atoms with Crippen LogP contribution in [0.25, 0.3) is 0 Å². The number of carbonyl (C=O) groups is 2. The fraction of sp³-hybridized carbons (Fsp3) is 0.364. The zero-order chi connectivity index (χ0) is 20.7. The fourth-order valence-electron chi connectivity index (χ4n) is 2.75. The largest absolute Gasteiger partial charge is 0.492 e. The number of ether oxygens (including phenoxy) is 1. The predicted octanol–water partition coefficient (Wildman–Crippen LogP) is 3.48. The predicted molar refractivity (Wildman–Crippen MR) is 112 cm³/mol. The first-order chi connectivity index (χ1) is 13.3. The number of benzene rings is 2. The molecule has 150 valence electrons. The van der Waals surface area contributed by atoms with Crippen molar-refractivity contribution in [2.45, 2.75) is 20.3 Å². The average molecular weight is 383 g/mol. The third kappa shape index (κ3) is 6.30. The molecule has 2 aromatic rings. The number of carbonyl (C=O) groups excluding carboxylic acids is 2. The van der Waals surface area contributed by atoms with Crippen molar-refractivity contribution < 1.29 is 14.3 Å². The summed E-state index contributed by atoms with van der Waals surface area (Å²) >= 11 is 0. The standard InChI is InChI=1S/C22H29N3O3/c1-16-12-17(2)14-19(13-16)28-11-10-25(5)22(27)23-20-9-7-6-8-18(20)15-21(26)24(3)4/h6-9,12-14H,10-11,15H2,1-5H3,(H,23,27). The van der Waals surface area contributed by atoms with E-state index in [0.717, 1.165) is 22.4 Å². The van der Waals surface area contributed by atoms with E-state index in [-0.39, 0.29) is 18.4 Å². The highest BCUT2D eigenvalue weighted by Gasteiger charge is 2.14. The van der Waals surface area contributed by atoms with Crippen molar-refractivity contribution in [2.75, 3.05) is 39.6 Å². The molecule has 2 rings (SSSR count). The molecule has 0 aromatic heterocycles. The van der Waals surface area contributed by atoms with Gasteiger partial charge in [-0.25, -0.2) is 4.79 Å². The maximum atomic E-state index is 12.5. The van der Waals surface area contributed by atoms with Crippen LogP contribution in [0.1, 0.15) is 16.7 Å². The summed E-state index contributed by atoms with van der Waals surface area (Å²) in [5.74, 6) is 0.788. The number of likely N-dealkylation sites (N-methyl/N-ethyl adjacent to an activating group) is 2. The lowest BCUT2D eigenvalue weighted by Crippen LogP contribution is -2.35. The number of hydrogen-bond acceptors (Lipinski definition) is 3. The van der Waals surface area contributed by atoms with E-state index in [2.05, 4.69) is 11.4 Å². The van der Waals surface area contributed by atoms with Gasteiger partial charge in [0.25, 0.3) is 0 Å². The Morgan fingerprint density at radius 2 is 1.64 bits per heavy atom. The molecule has 0 heterocycles. The third-order valence-corrected chi connectivity index (χ3v) is 4.34. The molecule has 0 aliphatic rings. The maximum Gasteiger partial charge on any atom is 0.321 e. The van der Waals surface area contributed by atoms with Crippen LogP contribution in [0.3, 0.4) is 0 Å². The summed E-state index contributed by atoms with van der Waals surface area (Å²) < 4.78 is 5.77. The van der Waals surface area contributed by atoms with Crippen molar-refractivity contribution in [1.29, 1.82) is 0 Å². The Labute approximate surface area is 167 Å². The molecular formula is C22H29N3O3. The lowest BCUT2D eigenvalue weighted by molar-refractivity contribution is -0.127. The van der Waals surface area contributed by atoms with Crippen molar-refractivity contribution in [2.24, 2.45) is 0 Å². The zero-order valence-corrected chi connectivity index (χ0v) is 17.3. The second-order valence-corrected chi connectivity index (χ2v) is 7.15. The van der Waals surface area contributed by atoms with Gasteiger partial charge in [0.05, 0.1) is 13.0 Å². The minimum Gasteiger partial charge on any atom is -0.492 e. The van der Waals surface area contributed by atoms with Gasteiger partial charge in [-0.05, 0) is 48.7 Å². The van der Waals surface area contributed by atoms with Crippen LogP contribution in [0.2, 0.25) is 0 Å². The maximum absolute atomic E-state index is 12.5. The molecule has 0 fully saturated rings. The Hall–Kier alpha value is -3.02. The average Bonchev–Trinajstić information content (AvgIpc) is 2.62. The minimum absolute atomic E-state index is 0.0168. The zero-order valence-electron chi connectivity index (χ0n) is 17.3. The number of aryl methyl sites for hydroxylation is 2. The number of hydrogen-bond donors (Lipinski definition) is 1. The first-order valence-electron chi connectivity index (χ1n) is 9.27. The Kier molecular flexibility index (Phi) is 7.44. The second-order valence-electron chi connectivity index (χ2n) is 7.15. The SMILES string of the molecule is Cc1cc(C)cc(OCCN(C)C(=O)Nc2ccccc2CC(=O)N(C)C)c1. The van der Waals surface area contributed by atoms with Gasteiger partial charge < -0.3 is 19.9 Å². The number of rotatable bonds is 7. The molecule has 6 nitrogen and oxygen atoms in total. The molecular weight excluding hydrogens is 354 g/mol. The van der Waals surface area contributed by atoms with E-state index < -0.39 is 0 Å². The molecule has 0 atom stereocenters. The number of para-hydroxylation sites is 1. The molecule has 0 saturated heterocycles. The van der Waals surface area contributed by atoms with Crippen molar-refractivity contribution >= 4 is 17.6 Å². The molecule has 0 bridgehead atoms. The van der Waals surface area contributed by atoms with Crippen LogP contribution in [0.15, 0.2) is 42.5 Å². The number of nitrogens with one attached hydrogen (secondary N) is 1. The summed E-state index contributed by atoms with van der Waals surface area (Å²) in [6.45, 7) is 4.89. The van der Waals surface area contributed by atoms with E-state index >= 15 is 0 Å². The molecule has 0 unspecified atom stereocenters. The smallest absolute Gasteiger partial charge is 0.321 e. The first kappa shape index (κ1) is 21.3. The highest BCUT2D eigenvalue weighted by atomic mass is 16.5. The van der Waals surface area contributed by atoms with E-state index in [1.165, 1.54) is 4.90 Å². The van der Waals surface area contributed by atoms with Crippen LogP contribution in [0, 0.1) is 13.8 Å². The molecule has 0 spiro atoms. The van der Waals surface area contributed by atoms with Crippen LogP contribution in [0.4, 0.5) is 10.5 Å². The Bertz CT molecular complexity index is 813. The third-order valence-electron chi connectivity index (χ3n) is 4.34. The summed E-state index contributed by atoms with van der Waals surface area (Å²) in [4.78, 5) is 27.6. The second kappa shape index (κ2) is 9.78. The van der Waals surface area contributed by atoms with Crippen LogP contribution < -0.4 is 10.1 Å². The van der Waals surface area contributed by atoms with Crippen molar-refractivity contribution in [3.63, 3.8) is 0 Å². The summed E-state index contributed by atoms with van der Waals surface area (Å²) in [6, 6.07) is 13.1. The monoisotopic (exact) mass is 383 g/mol. The van der Waals surface area contributed by atoms with E-state index in [0.29, 0.717) is 18.8 Å². The van der Waals surface area contributed by atoms with Crippen LogP contribution in [-0.2, 0) is 11.2 Å². The van der Waals surface area contributed by atoms with Gasteiger partial charge in [0.2, 0.25) is 5.91 Å². The summed E-state index contributed by atoms with van der Waals surface area (Å²) in [5, 5.41) is 2.88. The molecule has 0 aliphatic heterocycles. The molecule has 3 amide bonds. The van der Waals surface area contributed by atoms with E-state index in [1.807, 2.05) is 44.2 Å². The topological polar surface area (TPSA) is 61.9 Å². The molecule has 2 aromatic carbocycles. The van der Waals surface area contributed by atoms with Gasteiger partial charge in [-0.2, -0.15) is 0 Å². The first-order valence-corrected chi connectivity index (χ1v) is 9.27. The molecule has 6 heteroatoms. The van der Waals surface area contributed by atoms with Gasteiger partial charge in [0.15, 0.2) is 0 Å². The van der Waals surface area contributed by atoms with Gasteiger partial charge in [-0.3, -0.25) is 4.79 Å². The summed E-state index contributed by atoms with van der Waals surface area (Å²) in [7, 11) is 5.15. The van der Waals surface area contributed by atoms with Crippen LogP contribution >= 0.6 is 0 Å². The van der Waals surface area contributed by atoms with Gasteiger partial charge in [0.1, 0.15) is 12.4 Å². The highest BCUT2D eigenvalue weighted by Crippen LogP contribution is 2.18. The lowest BCUT2D eigenvalue weighted by atomic mass is 10.1.